The molecule has 5 rings (SSSR count). The minimum Gasteiger partial charge on any atom is -0.497 e. The quantitative estimate of drug-likeness (QED) is 0.632. The maximum absolute atomic E-state index is 13.0. The number of hydrogen-bond donors (Lipinski definition) is 0. The van der Waals surface area contributed by atoms with Gasteiger partial charge < -0.3 is 19.3 Å². The zero-order chi connectivity index (χ0) is 21.2. The normalized spacial score (nSPS) is 18.0. The van der Waals surface area contributed by atoms with E-state index in [1.54, 1.807) is 19.5 Å². The number of benzene rings is 1. The Bertz CT molecular complexity index is 1040. The van der Waals surface area contributed by atoms with Crippen molar-refractivity contribution in [3.63, 3.8) is 0 Å². The first-order chi connectivity index (χ1) is 15.2. The molecule has 0 radical (unpaired) electrons. The number of ether oxygens (including phenoxy) is 2. The highest BCUT2D eigenvalue weighted by Crippen LogP contribution is 2.24. The molecule has 2 aromatic heterocycles. The van der Waals surface area contributed by atoms with Crippen molar-refractivity contribution in [1.82, 2.24) is 19.7 Å². The van der Waals surface area contributed by atoms with Gasteiger partial charge in [-0.3, -0.25) is 14.5 Å². The van der Waals surface area contributed by atoms with E-state index >= 15 is 0 Å². The molecule has 160 valence electrons. The highest BCUT2D eigenvalue weighted by Gasteiger charge is 2.29. The molecular weight excluding hydrogens is 394 g/mol. The number of methoxy groups -OCH3 is 1. The topological polar surface area (TPSA) is 72.7 Å². The molecule has 0 bridgehead atoms. The number of amides is 1. The van der Waals surface area contributed by atoms with Gasteiger partial charge in [0, 0.05) is 62.4 Å². The molecule has 0 saturated carbocycles. The summed E-state index contributed by atoms with van der Waals surface area (Å²) in [6, 6.07) is 13.6. The maximum Gasteiger partial charge on any atom is 0.274 e. The van der Waals surface area contributed by atoms with E-state index < -0.39 is 0 Å². The third-order valence-electron chi connectivity index (χ3n) is 5.83. The van der Waals surface area contributed by atoms with Crippen LogP contribution in [0.3, 0.4) is 0 Å². The van der Waals surface area contributed by atoms with Crippen LogP contribution in [0.2, 0.25) is 0 Å². The molecule has 3 aromatic rings. The monoisotopic (exact) mass is 419 g/mol. The highest BCUT2D eigenvalue weighted by molar-refractivity contribution is 5.92. The largest absolute Gasteiger partial charge is 0.497 e. The predicted molar refractivity (Wildman–Crippen MR) is 116 cm³/mol. The molecule has 1 saturated heterocycles. The second kappa shape index (κ2) is 8.29. The average Bonchev–Trinajstić information content (AvgIpc) is 3.38. The van der Waals surface area contributed by atoms with Gasteiger partial charge in [-0.05, 0) is 30.3 Å². The number of carbonyl (C=O) groups is 1. The Labute approximate surface area is 181 Å². The van der Waals surface area contributed by atoms with Gasteiger partial charge >= 0.3 is 0 Å². The van der Waals surface area contributed by atoms with Gasteiger partial charge in [-0.25, -0.2) is 0 Å². The Morgan fingerprint density at radius 1 is 1.03 bits per heavy atom. The van der Waals surface area contributed by atoms with E-state index in [4.69, 9.17) is 9.47 Å². The number of anilines is 1. The van der Waals surface area contributed by atoms with Crippen molar-refractivity contribution < 1.29 is 14.3 Å². The fraction of sp³-hybridized carbons (Fsp3) is 0.348. The minimum absolute atomic E-state index is 0.00112. The Balaban J connectivity index is 1.18. The molecule has 1 atom stereocenters. The van der Waals surface area contributed by atoms with Crippen molar-refractivity contribution in [1.29, 1.82) is 0 Å². The second-order valence-electron chi connectivity index (χ2n) is 7.81. The van der Waals surface area contributed by atoms with Crippen LogP contribution in [-0.4, -0.2) is 65.0 Å². The zero-order valence-corrected chi connectivity index (χ0v) is 17.5. The smallest absolute Gasteiger partial charge is 0.274 e. The number of aromatic nitrogens is 3. The van der Waals surface area contributed by atoms with Gasteiger partial charge in [0.1, 0.15) is 17.6 Å². The average molecular weight is 419 g/mol. The SMILES string of the molecule is COc1cccc(N2CCN(C(=O)c3cc4n(n3)C[C@@H](Oc3ccncc3)C4)CC2)c1. The van der Waals surface area contributed by atoms with E-state index in [0.717, 1.165) is 42.4 Å². The van der Waals surface area contributed by atoms with Crippen LogP contribution in [0.25, 0.3) is 0 Å². The Morgan fingerprint density at radius 2 is 1.84 bits per heavy atom. The van der Waals surface area contributed by atoms with Gasteiger partial charge in [-0.15, -0.1) is 0 Å². The van der Waals surface area contributed by atoms with Gasteiger partial charge in [0.25, 0.3) is 5.91 Å². The Morgan fingerprint density at radius 3 is 2.58 bits per heavy atom. The molecule has 8 heteroatoms. The van der Waals surface area contributed by atoms with E-state index in [9.17, 15) is 4.79 Å². The summed E-state index contributed by atoms with van der Waals surface area (Å²) in [4.78, 5) is 21.2. The summed E-state index contributed by atoms with van der Waals surface area (Å²) in [6.07, 6.45) is 4.20. The first-order valence-electron chi connectivity index (χ1n) is 10.5. The Kier molecular flexibility index (Phi) is 5.19. The molecule has 31 heavy (non-hydrogen) atoms. The Hall–Kier alpha value is -3.55. The number of fused-ring (bicyclic) bond motifs is 1. The minimum atomic E-state index is -0.00112. The molecule has 0 aliphatic carbocycles. The standard InChI is InChI=1S/C23H25N5O3/c1-30-20-4-2-3-17(13-20)26-9-11-27(12-10-26)23(29)22-15-18-14-21(16-28(18)25-22)31-19-5-7-24-8-6-19/h2-8,13,15,21H,9-12,14,16H2,1H3/t21-/m0/s1. The number of rotatable bonds is 5. The van der Waals surface area contributed by atoms with Crippen molar-refractivity contribution in [3.05, 3.63) is 66.2 Å². The van der Waals surface area contributed by atoms with Crippen molar-refractivity contribution in [2.24, 2.45) is 0 Å². The summed E-state index contributed by atoms with van der Waals surface area (Å²) >= 11 is 0. The first kappa shape index (κ1) is 19.4. The third-order valence-corrected chi connectivity index (χ3v) is 5.83. The van der Waals surface area contributed by atoms with Crippen LogP contribution in [0.1, 0.15) is 16.2 Å². The number of hydrogen-bond acceptors (Lipinski definition) is 6. The highest BCUT2D eigenvalue weighted by atomic mass is 16.5. The molecule has 1 fully saturated rings. The van der Waals surface area contributed by atoms with E-state index in [1.165, 1.54) is 0 Å². The number of nitrogens with zero attached hydrogens (tertiary/aromatic N) is 5. The fourth-order valence-corrected chi connectivity index (χ4v) is 4.20. The van der Waals surface area contributed by atoms with Gasteiger partial charge in [-0.1, -0.05) is 6.07 Å². The lowest BCUT2D eigenvalue weighted by atomic mass is 10.2. The van der Waals surface area contributed by atoms with E-state index in [2.05, 4.69) is 21.0 Å². The van der Waals surface area contributed by atoms with Crippen molar-refractivity contribution in [2.75, 3.05) is 38.2 Å². The summed E-state index contributed by atoms with van der Waals surface area (Å²) in [5.41, 5.74) is 2.68. The van der Waals surface area contributed by atoms with Crippen LogP contribution in [0.5, 0.6) is 11.5 Å². The lowest BCUT2D eigenvalue weighted by Gasteiger charge is -2.35. The van der Waals surface area contributed by atoms with Gasteiger partial charge in [0.15, 0.2) is 5.69 Å². The van der Waals surface area contributed by atoms with Crippen LogP contribution in [-0.2, 0) is 13.0 Å². The molecular formula is C23H25N5O3. The van der Waals surface area contributed by atoms with Crippen LogP contribution in [0.4, 0.5) is 5.69 Å². The second-order valence-corrected chi connectivity index (χ2v) is 7.81. The maximum atomic E-state index is 13.0. The van der Waals surface area contributed by atoms with E-state index in [0.29, 0.717) is 25.3 Å². The summed E-state index contributed by atoms with van der Waals surface area (Å²) in [5, 5.41) is 4.56. The molecule has 0 unspecified atom stereocenters. The van der Waals surface area contributed by atoms with Crippen LogP contribution < -0.4 is 14.4 Å². The summed E-state index contributed by atoms with van der Waals surface area (Å²) in [5.74, 6) is 1.64. The van der Waals surface area contributed by atoms with Gasteiger partial charge in [0.05, 0.1) is 13.7 Å². The number of piperazine rings is 1. The molecule has 0 N–H and O–H groups in total. The van der Waals surface area contributed by atoms with Crippen LogP contribution in [0.15, 0.2) is 54.9 Å². The summed E-state index contributed by atoms with van der Waals surface area (Å²) in [6.45, 7) is 3.56. The van der Waals surface area contributed by atoms with E-state index in [-0.39, 0.29) is 12.0 Å². The molecule has 2 aliphatic rings. The van der Waals surface area contributed by atoms with Gasteiger partial charge in [0.2, 0.25) is 0 Å². The van der Waals surface area contributed by atoms with Crippen LogP contribution in [0, 0.1) is 0 Å². The summed E-state index contributed by atoms with van der Waals surface area (Å²) in [7, 11) is 1.67. The molecule has 1 aromatic carbocycles. The third kappa shape index (κ3) is 4.05. The molecule has 0 spiro atoms. The number of pyridine rings is 1. The zero-order valence-electron chi connectivity index (χ0n) is 17.5. The molecule has 2 aliphatic heterocycles. The van der Waals surface area contributed by atoms with Crippen molar-refractivity contribution >= 4 is 11.6 Å². The molecule has 1 amide bonds. The number of carbonyl (C=O) groups excluding carboxylic acids is 1. The van der Waals surface area contributed by atoms with Crippen molar-refractivity contribution in [3.8, 4) is 11.5 Å². The first-order valence-corrected chi connectivity index (χ1v) is 10.5. The lowest BCUT2D eigenvalue weighted by molar-refractivity contribution is 0.0739. The van der Waals surface area contributed by atoms with Crippen LogP contribution >= 0.6 is 0 Å². The van der Waals surface area contributed by atoms with Gasteiger partial charge in [-0.2, -0.15) is 5.10 Å². The fourth-order valence-electron chi connectivity index (χ4n) is 4.20. The predicted octanol–water partition coefficient (Wildman–Crippen LogP) is 2.25. The van der Waals surface area contributed by atoms with E-state index in [1.807, 2.05) is 46.0 Å². The molecule has 4 heterocycles. The van der Waals surface area contributed by atoms with Crippen molar-refractivity contribution in [2.45, 2.75) is 19.1 Å². The lowest BCUT2D eigenvalue weighted by Crippen LogP contribution is -2.49. The summed E-state index contributed by atoms with van der Waals surface area (Å²) < 4.78 is 13.2. The molecule has 8 nitrogen and oxygen atoms in total.